The van der Waals surface area contributed by atoms with Crippen molar-refractivity contribution in [2.45, 2.75) is 73.8 Å². The number of nitrogens with zero attached hydrogens (tertiary/aromatic N) is 2. The molecule has 1 aliphatic carbocycles. The highest BCUT2D eigenvalue weighted by Crippen LogP contribution is 2.66. The first-order valence-electron chi connectivity index (χ1n) is 21.9. The molecule has 4 aliphatic rings. The SMILES string of the molecule is C=CCNC(=O)[C@@H]1[C@H]2C(=O)O[C@H](c3ccccc3)[C@H](c3ccccc3)N2[C@H](c2ccc(OCCO)cc2)[C@@]12C(=O)N(C(=O)OCCOC)c1ccc(C#CC3(O)CCCCCC3)cc12. The fraction of sp³-hybridized carbons (Fsp3) is 0.373. The molecule has 4 aromatic rings. The van der Waals surface area contributed by atoms with Gasteiger partial charge in [0.2, 0.25) is 11.8 Å². The van der Waals surface area contributed by atoms with Crippen LogP contribution in [0.25, 0.3) is 0 Å². The lowest BCUT2D eigenvalue weighted by atomic mass is 9.65. The Labute approximate surface area is 373 Å². The summed E-state index contributed by atoms with van der Waals surface area (Å²) in [5.41, 5.74) is -0.401. The number of nitrogens with one attached hydrogen (secondary N) is 1. The maximum absolute atomic E-state index is 16.2. The molecule has 3 amide bonds. The van der Waals surface area contributed by atoms with Crippen molar-refractivity contribution in [1.29, 1.82) is 0 Å². The molecule has 1 spiro atoms. The van der Waals surface area contributed by atoms with Crippen LogP contribution in [0.3, 0.4) is 0 Å². The number of anilines is 1. The number of fused-ring (bicyclic) bond motifs is 3. The number of ether oxygens (including phenoxy) is 4. The number of rotatable bonds is 12. The molecular formula is C51H53N3O10. The second-order valence-electron chi connectivity index (χ2n) is 16.6. The van der Waals surface area contributed by atoms with E-state index in [2.05, 4.69) is 23.7 Å². The highest BCUT2D eigenvalue weighted by Gasteiger charge is 2.75. The molecule has 3 aliphatic heterocycles. The summed E-state index contributed by atoms with van der Waals surface area (Å²) in [5.74, 6) is 3.12. The average molecular weight is 868 g/mol. The van der Waals surface area contributed by atoms with Gasteiger partial charge >= 0.3 is 12.1 Å². The van der Waals surface area contributed by atoms with Crippen molar-refractivity contribution in [1.82, 2.24) is 10.2 Å². The highest BCUT2D eigenvalue weighted by molar-refractivity contribution is 6.23. The van der Waals surface area contributed by atoms with E-state index < -0.39 is 65.0 Å². The van der Waals surface area contributed by atoms with Gasteiger partial charge in [0.15, 0.2) is 0 Å². The Kier molecular flexibility index (Phi) is 13.3. The molecule has 3 fully saturated rings. The van der Waals surface area contributed by atoms with E-state index in [9.17, 15) is 15.0 Å². The quantitative estimate of drug-likeness (QED) is 0.0486. The molecule has 3 N–H and O–H groups in total. The van der Waals surface area contributed by atoms with Gasteiger partial charge in [-0.15, -0.1) is 6.58 Å². The first-order chi connectivity index (χ1) is 31.2. The minimum atomic E-state index is -2.02. The number of aliphatic hydroxyl groups is 2. The van der Waals surface area contributed by atoms with Crippen LogP contribution < -0.4 is 15.0 Å². The van der Waals surface area contributed by atoms with Crippen LogP contribution >= 0.6 is 0 Å². The Morgan fingerprint density at radius 3 is 2.22 bits per heavy atom. The van der Waals surface area contributed by atoms with E-state index in [0.29, 0.717) is 35.3 Å². The summed E-state index contributed by atoms with van der Waals surface area (Å²) in [6, 6.07) is 27.5. The van der Waals surface area contributed by atoms with Gasteiger partial charge < -0.3 is 34.5 Å². The van der Waals surface area contributed by atoms with Gasteiger partial charge in [0.05, 0.1) is 36.9 Å². The summed E-state index contributed by atoms with van der Waals surface area (Å²) >= 11 is 0. The summed E-state index contributed by atoms with van der Waals surface area (Å²) < 4.78 is 23.1. The molecule has 64 heavy (non-hydrogen) atoms. The number of aliphatic hydroxyl groups excluding tert-OH is 1. The topological polar surface area (TPSA) is 164 Å². The zero-order chi connectivity index (χ0) is 44.8. The Hall–Kier alpha value is -6.30. The Morgan fingerprint density at radius 1 is 0.875 bits per heavy atom. The van der Waals surface area contributed by atoms with E-state index in [1.807, 2.05) is 65.6 Å². The summed E-state index contributed by atoms with van der Waals surface area (Å²) in [5, 5.41) is 24.1. The van der Waals surface area contributed by atoms with E-state index in [4.69, 9.17) is 18.9 Å². The predicted molar refractivity (Wildman–Crippen MR) is 237 cm³/mol. The summed E-state index contributed by atoms with van der Waals surface area (Å²) in [6.45, 7) is 3.54. The molecule has 6 atom stereocenters. The van der Waals surface area contributed by atoms with Crippen LogP contribution in [0.1, 0.15) is 84.5 Å². The van der Waals surface area contributed by atoms with Gasteiger partial charge in [0.1, 0.15) is 42.1 Å². The zero-order valence-electron chi connectivity index (χ0n) is 35.8. The number of morpholine rings is 1. The maximum atomic E-state index is 16.2. The first kappa shape index (κ1) is 44.3. The van der Waals surface area contributed by atoms with Crippen LogP contribution in [-0.4, -0.2) is 90.7 Å². The molecule has 332 valence electrons. The molecule has 3 heterocycles. The van der Waals surface area contributed by atoms with Crippen LogP contribution in [0.2, 0.25) is 0 Å². The number of hydrogen-bond acceptors (Lipinski definition) is 11. The van der Waals surface area contributed by atoms with Crippen molar-refractivity contribution in [3.05, 3.63) is 144 Å². The Morgan fingerprint density at radius 2 is 1.56 bits per heavy atom. The van der Waals surface area contributed by atoms with Gasteiger partial charge in [-0.3, -0.25) is 19.3 Å². The third-order valence-corrected chi connectivity index (χ3v) is 12.8. The normalized spacial score (nSPS) is 24.7. The maximum Gasteiger partial charge on any atom is 0.421 e. The lowest BCUT2D eigenvalue weighted by molar-refractivity contribution is -0.178. The van der Waals surface area contributed by atoms with E-state index in [1.54, 1.807) is 42.5 Å². The third-order valence-electron chi connectivity index (χ3n) is 12.8. The molecule has 8 rings (SSSR count). The molecule has 0 radical (unpaired) electrons. The molecular weight excluding hydrogens is 815 g/mol. The number of cyclic esters (lactones) is 1. The van der Waals surface area contributed by atoms with Gasteiger partial charge in [-0.05, 0) is 78.3 Å². The van der Waals surface area contributed by atoms with Crippen LogP contribution in [0.15, 0.2) is 116 Å². The van der Waals surface area contributed by atoms with Gasteiger partial charge in [0, 0.05) is 19.2 Å². The number of amides is 3. The molecule has 0 bridgehead atoms. The Bertz CT molecular complexity index is 2410. The number of carbonyl (C=O) groups excluding carboxylic acids is 4. The van der Waals surface area contributed by atoms with E-state index >= 15 is 14.4 Å². The van der Waals surface area contributed by atoms with Crippen LogP contribution in [-0.2, 0) is 34.0 Å². The standard InChI is InChI=1S/C51H53N3O10/c1-3-28-52-46(56)41-43-47(57)64-44(36-16-10-7-11-17-36)42(35-14-8-6-9-15-35)54(43)45(37-19-21-38(22-20-37)62-30-29-55)51(41)39-33-34(24-27-50(60)25-12-4-5-13-26-50)18-23-40(39)53(48(51)58)49(59)63-32-31-61-2/h3,6-11,14-23,33,41-45,55,60H,1,4-5,12-13,25-26,28-32H2,2H3,(H,52,56)/t41-,42-,43-,44+,45+,51-/m0/s1. The van der Waals surface area contributed by atoms with Crippen molar-refractivity contribution < 1.29 is 48.3 Å². The molecule has 13 nitrogen and oxygen atoms in total. The number of carbonyl (C=O) groups is 4. The monoisotopic (exact) mass is 867 g/mol. The van der Waals surface area contributed by atoms with E-state index in [1.165, 1.54) is 13.2 Å². The van der Waals surface area contributed by atoms with Crippen molar-refractivity contribution in [2.24, 2.45) is 5.92 Å². The smallest absolute Gasteiger partial charge is 0.421 e. The van der Waals surface area contributed by atoms with Gasteiger partial charge in [0.25, 0.3) is 0 Å². The zero-order valence-corrected chi connectivity index (χ0v) is 35.8. The lowest BCUT2D eigenvalue weighted by Crippen LogP contribution is -2.55. The van der Waals surface area contributed by atoms with Crippen LogP contribution in [0, 0.1) is 17.8 Å². The second-order valence-corrected chi connectivity index (χ2v) is 16.6. The molecule has 13 heteroatoms. The number of hydrogen-bond donors (Lipinski definition) is 3. The Balaban J connectivity index is 1.43. The number of benzene rings is 4. The minimum absolute atomic E-state index is 0.0113. The fourth-order valence-corrected chi connectivity index (χ4v) is 10.1. The number of esters is 1. The third kappa shape index (κ3) is 8.18. The highest BCUT2D eigenvalue weighted by atomic mass is 16.6. The van der Waals surface area contributed by atoms with E-state index in [-0.39, 0.29) is 44.2 Å². The predicted octanol–water partition coefficient (Wildman–Crippen LogP) is 6.25. The van der Waals surface area contributed by atoms with Crippen molar-refractivity contribution >= 4 is 29.6 Å². The minimum Gasteiger partial charge on any atom is -0.491 e. The van der Waals surface area contributed by atoms with Gasteiger partial charge in [-0.1, -0.05) is 104 Å². The van der Waals surface area contributed by atoms with Gasteiger partial charge in [-0.2, -0.15) is 0 Å². The summed E-state index contributed by atoms with van der Waals surface area (Å²) in [7, 11) is 1.46. The van der Waals surface area contributed by atoms with Crippen molar-refractivity contribution in [3.63, 3.8) is 0 Å². The van der Waals surface area contributed by atoms with E-state index in [0.717, 1.165) is 36.1 Å². The van der Waals surface area contributed by atoms with Crippen LogP contribution in [0.4, 0.5) is 10.5 Å². The number of imide groups is 1. The molecule has 4 aromatic carbocycles. The van der Waals surface area contributed by atoms with Crippen molar-refractivity contribution in [3.8, 4) is 17.6 Å². The summed E-state index contributed by atoms with van der Waals surface area (Å²) in [4.78, 5) is 63.8. The lowest BCUT2D eigenvalue weighted by Gasteiger charge is -2.46. The summed E-state index contributed by atoms with van der Waals surface area (Å²) in [6.07, 6.45) is 4.32. The average Bonchev–Trinajstić information content (AvgIpc) is 3.65. The molecule has 1 saturated carbocycles. The molecule has 2 saturated heterocycles. The number of methoxy groups -OCH3 is 1. The molecule has 0 unspecified atom stereocenters. The van der Waals surface area contributed by atoms with Gasteiger partial charge in [-0.25, -0.2) is 9.69 Å². The molecule has 0 aromatic heterocycles. The fourth-order valence-electron chi connectivity index (χ4n) is 10.1. The second kappa shape index (κ2) is 19.2. The largest absolute Gasteiger partial charge is 0.491 e. The first-order valence-corrected chi connectivity index (χ1v) is 21.9. The van der Waals surface area contributed by atoms with Crippen LogP contribution in [0.5, 0.6) is 5.75 Å². The van der Waals surface area contributed by atoms with Crippen molar-refractivity contribution in [2.75, 3.05) is 45.0 Å².